The van der Waals surface area contributed by atoms with E-state index in [0.717, 1.165) is 11.1 Å². The summed E-state index contributed by atoms with van der Waals surface area (Å²) in [5.74, 6) is 0.663. The topological polar surface area (TPSA) is 61.8 Å². The monoisotopic (exact) mass is 408 g/mol. The lowest BCUT2D eigenvalue weighted by Crippen LogP contribution is -2.10. The molecule has 0 N–H and O–H groups in total. The maximum atomic E-state index is 12.8. The molecular formula is C23H20O5S. The van der Waals surface area contributed by atoms with Crippen LogP contribution in [0.1, 0.15) is 31.2 Å². The molecule has 2 aromatic carbocycles. The fraction of sp³-hybridized carbons (Fsp3) is 0.130. The second kappa shape index (κ2) is 9.21. The third-order valence-electron chi connectivity index (χ3n) is 4.16. The summed E-state index contributed by atoms with van der Waals surface area (Å²) in [5, 5.41) is 1.80. The van der Waals surface area contributed by atoms with E-state index >= 15 is 0 Å². The van der Waals surface area contributed by atoms with E-state index in [9.17, 15) is 9.59 Å². The van der Waals surface area contributed by atoms with Crippen LogP contribution in [0.2, 0.25) is 0 Å². The molecular weight excluding hydrogens is 388 g/mol. The van der Waals surface area contributed by atoms with E-state index in [-0.39, 0.29) is 11.5 Å². The van der Waals surface area contributed by atoms with Crippen molar-refractivity contribution in [3.8, 4) is 17.2 Å². The normalized spacial score (nSPS) is 10.7. The van der Waals surface area contributed by atoms with Gasteiger partial charge in [-0.25, -0.2) is 4.79 Å². The Morgan fingerprint density at radius 2 is 1.69 bits per heavy atom. The number of ether oxygens (including phenoxy) is 3. The van der Waals surface area contributed by atoms with Crippen LogP contribution in [0.15, 0.2) is 60.0 Å². The lowest BCUT2D eigenvalue weighted by atomic mass is 10.0. The van der Waals surface area contributed by atoms with E-state index in [1.165, 1.54) is 17.4 Å². The van der Waals surface area contributed by atoms with Crippen molar-refractivity contribution in [2.45, 2.75) is 6.92 Å². The first-order valence-electron chi connectivity index (χ1n) is 8.82. The number of carbonyl (C=O) groups excluding carboxylic acids is 2. The summed E-state index contributed by atoms with van der Waals surface area (Å²) in [6, 6.07) is 14.0. The molecule has 3 rings (SSSR count). The van der Waals surface area contributed by atoms with E-state index in [0.29, 0.717) is 21.9 Å². The number of rotatable bonds is 7. The van der Waals surface area contributed by atoms with Gasteiger partial charge < -0.3 is 14.2 Å². The lowest BCUT2D eigenvalue weighted by molar-refractivity contribution is 0.0738. The van der Waals surface area contributed by atoms with Gasteiger partial charge in [0.15, 0.2) is 17.3 Å². The highest BCUT2D eigenvalue weighted by Gasteiger charge is 2.16. The zero-order valence-corrected chi connectivity index (χ0v) is 17.1. The molecule has 0 spiro atoms. The molecule has 0 radical (unpaired) electrons. The average Bonchev–Trinajstić information content (AvgIpc) is 3.28. The number of methoxy groups -OCH3 is 2. The lowest BCUT2D eigenvalue weighted by Gasteiger charge is -2.09. The second-order valence-electron chi connectivity index (χ2n) is 6.18. The third kappa shape index (κ3) is 4.92. The van der Waals surface area contributed by atoms with Crippen molar-refractivity contribution in [2.24, 2.45) is 0 Å². The van der Waals surface area contributed by atoms with Gasteiger partial charge >= 0.3 is 5.97 Å². The van der Waals surface area contributed by atoms with Crippen LogP contribution in [-0.2, 0) is 0 Å². The molecule has 0 atom stereocenters. The Kier molecular flexibility index (Phi) is 6.46. The maximum absolute atomic E-state index is 12.8. The van der Waals surface area contributed by atoms with Gasteiger partial charge in [-0.2, -0.15) is 0 Å². The number of thiophene rings is 1. The molecule has 5 nitrogen and oxygen atoms in total. The SMILES string of the molecule is COc1ccc(/C=C/C(=O)c2cc(C)ccc2OC(=O)c2cccs2)cc1OC. The van der Waals surface area contributed by atoms with Crippen molar-refractivity contribution in [3.63, 3.8) is 0 Å². The fourth-order valence-electron chi connectivity index (χ4n) is 2.69. The summed E-state index contributed by atoms with van der Waals surface area (Å²) in [7, 11) is 3.12. The van der Waals surface area contributed by atoms with Gasteiger partial charge in [0.1, 0.15) is 10.6 Å². The third-order valence-corrected chi connectivity index (χ3v) is 5.01. The van der Waals surface area contributed by atoms with Crippen LogP contribution >= 0.6 is 11.3 Å². The van der Waals surface area contributed by atoms with Crippen LogP contribution in [0.5, 0.6) is 17.2 Å². The highest BCUT2D eigenvalue weighted by atomic mass is 32.1. The molecule has 1 aromatic heterocycles. The molecule has 0 bridgehead atoms. The average molecular weight is 408 g/mol. The van der Waals surface area contributed by atoms with Gasteiger partial charge in [-0.15, -0.1) is 11.3 Å². The molecule has 0 aliphatic heterocycles. The first kappa shape index (κ1) is 20.4. The molecule has 0 aliphatic carbocycles. The Hall–Kier alpha value is -3.38. The predicted octanol–water partition coefficient (Wildman–Crippen LogP) is 5.19. The molecule has 148 valence electrons. The molecule has 0 saturated carbocycles. The smallest absolute Gasteiger partial charge is 0.353 e. The molecule has 3 aromatic rings. The van der Waals surface area contributed by atoms with Crippen LogP contribution in [0, 0.1) is 6.92 Å². The van der Waals surface area contributed by atoms with Gasteiger partial charge in [0.25, 0.3) is 0 Å². The predicted molar refractivity (Wildman–Crippen MR) is 113 cm³/mol. The first-order chi connectivity index (χ1) is 14.0. The molecule has 0 unspecified atom stereocenters. The Labute approximate surface area is 173 Å². The maximum Gasteiger partial charge on any atom is 0.353 e. The quantitative estimate of drug-likeness (QED) is 0.233. The highest BCUT2D eigenvalue weighted by molar-refractivity contribution is 7.12. The van der Waals surface area contributed by atoms with E-state index in [1.807, 2.05) is 13.0 Å². The number of hydrogen-bond donors (Lipinski definition) is 0. The van der Waals surface area contributed by atoms with Crippen LogP contribution in [0.25, 0.3) is 6.08 Å². The Balaban J connectivity index is 1.84. The summed E-state index contributed by atoms with van der Waals surface area (Å²) in [6.45, 7) is 1.87. The molecule has 0 fully saturated rings. The summed E-state index contributed by atoms with van der Waals surface area (Å²) in [6.07, 6.45) is 3.12. The molecule has 0 amide bonds. The number of benzene rings is 2. The fourth-order valence-corrected chi connectivity index (χ4v) is 3.29. The van der Waals surface area contributed by atoms with Gasteiger partial charge in [-0.1, -0.05) is 29.8 Å². The van der Waals surface area contributed by atoms with Crippen molar-refractivity contribution in [1.82, 2.24) is 0 Å². The number of ketones is 1. The number of allylic oxidation sites excluding steroid dienone is 1. The van der Waals surface area contributed by atoms with E-state index in [1.54, 1.807) is 68.1 Å². The van der Waals surface area contributed by atoms with Crippen molar-refractivity contribution in [2.75, 3.05) is 14.2 Å². The van der Waals surface area contributed by atoms with Crippen molar-refractivity contribution < 1.29 is 23.8 Å². The Morgan fingerprint density at radius 1 is 0.931 bits per heavy atom. The minimum absolute atomic E-state index is 0.232. The van der Waals surface area contributed by atoms with Crippen molar-refractivity contribution in [3.05, 3.63) is 81.6 Å². The van der Waals surface area contributed by atoms with Gasteiger partial charge in [0.05, 0.1) is 19.8 Å². The summed E-state index contributed by atoms with van der Waals surface area (Å²) < 4.78 is 16.0. The van der Waals surface area contributed by atoms with Gasteiger partial charge in [-0.05, 0) is 54.3 Å². The number of hydrogen-bond acceptors (Lipinski definition) is 6. The summed E-state index contributed by atoms with van der Waals surface area (Å²) in [5.41, 5.74) is 2.00. The molecule has 29 heavy (non-hydrogen) atoms. The van der Waals surface area contributed by atoms with Crippen LogP contribution in [0.3, 0.4) is 0 Å². The van der Waals surface area contributed by atoms with Gasteiger partial charge in [0, 0.05) is 0 Å². The van der Waals surface area contributed by atoms with E-state index in [2.05, 4.69) is 0 Å². The van der Waals surface area contributed by atoms with E-state index < -0.39 is 5.97 Å². The molecule has 1 heterocycles. The number of aryl methyl sites for hydroxylation is 1. The van der Waals surface area contributed by atoms with Crippen molar-refractivity contribution in [1.29, 1.82) is 0 Å². The molecule has 6 heteroatoms. The molecule has 0 aliphatic rings. The first-order valence-corrected chi connectivity index (χ1v) is 9.70. The van der Waals surface area contributed by atoms with E-state index in [4.69, 9.17) is 14.2 Å². The van der Waals surface area contributed by atoms with Crippen molar-refractivity contribution >= 4 is 29.2 Å². The number of carbonyl (C=O) groups is 2. The second-order valence-corrected chi connectivity index (χ2v) is 7.13. The minimum Gasteiger partial charge on any atom is -0.493 e. The van der Waals surface area contributed by atoms with Gasteiger partial charge in [-0.3, -0.25) is 4.79 Å². The zero-order valence-electron chi connectivity index (χ0n) is 16.3. The summed E-state index contributed by atoms with van der Waals surface area (Å²) >= 11 is 1.29. The Bertz CT molecular complexity index is 1050. The highest BCUT2D eigenvalue weighted by Crippen LogP contribution is 2.28. The largest absolute Gasteiger partial charge is 0.493 e. The standard InChI is InChI=1S/C23H20O5S/c1-15-6-10-19(28-23(25)22-5-4-12-29-22)17(13-15)18(24)9-7-16-8-11-20(26-2)21(14-16)27-3/h4-14H,1-3H3/b9-7+. The minimum atomic E-state index is -0.484. The van der Waals surface area contributed by atoms with Crippen LogP contribution in [0.4, 0.5) is 0 Å². The van der Waals surface area contributed by atoms with Gasteiger partial charge in [0.2, 0.25) is 0 Å². The Morgan fingerprint density at radius 3 is 2.38 bits per heavy atom. The van der Waals surface area contributed by atoms with Crippen LogP contribution < -0.4 is 14.2 Å². The summed E-state index contributed by atoms with van der Waals surface area (Å²) in [4.78, 5) is 25.6. The van der Waals surface area contributed by atoms with Crippen LogP contribution in [-0.4, -0.2) is 26.0 Å². The number of esters is 1. The zero-order chi connectivity index (χ0) is 20.8. The molecule has 0 saturated heterocycles.